The zero-order valence-electron chi connectivity index (χ0n) is 13.2. The van der Waals surface area contributed by atoms with Crippen molar-refractivity contribution in [2.45, 2.75) is 27.3 Å². The summed E-state index contributed by atoms with van der Waals surface area (Å²) in [4.78, 5) is 6.92. The molecule has 0 unspecified atom stereocenters. The Morgan fingerprint density at radius 2 is 1.90 bits per heavy atom. The van der Waals surface area contributed by atoms with Gasteiger partial charge in [0.2, 0.25) is 0 Å². The molecule has 2 aromatic rings. The molecule has 0 radical (unpaired) electrons. The molecule has 2 aromatic heterocycles. The van der Waals surface area contributed by atoms with E-state index in [2.05, 4.69) is 66.6 Å². The molecule has 2 N–H and O–H groups in total. The highest BCUT2D eigenvalue weighted by atomic mass is 35.5. The molecule has 0 aliphatic heterocycles. The van der Waals surface area contributed by atoms with Crippen LogP contribution in [0.1, 0.15) is 25.1 Å². The molecule has 0 aliphatic rings. The van der Waals surface area contributed by atoms with Crippen LogP contribution in [0, 0.1) is 12.3 Å². The van der Waals surface area contributed by atoms with Crippen molar-refractivity contribution in [3.63, 3.8) is 0 Å². The predicted octanol–water partition coefficient (Wildman–Crippen LogP) is 2.90. The van der Waals surface area contributed by atoms with Gasteiger partial charge in [0.15, 0.2) is 0 Å². The zero-order chi connectivity index (χ0) is 14.0. The molecule has 0 saturated heterocycles. The number of rotatable bonds is 5. The maximum absolute atomic E-state index is 5.78. The number of nitrogens with zero attached hydrogens (tertiary/aromatic N) is 3. The highest BCUT2D eigenvalue weighted by Crippen LogP contribution is 2.16. The monoisotopic (exact) mass is 332 g/mol. The summed E-state index contributed by atoms with van der Waals surface area (Å²) in [6.07, 6.45) is 4.21. The van der Waals surface area contributed by atoms with Crippen LogP contribution in [-0.2, 0) is 6.54 Å². The molecule has 0 aliphatic carbocycles. The summed E-state index contributed by atoms with van der Waals surface area (Å²) in [5, 5.41) is 0. The van der Waals surface area contributed by atoms with Crippen LogP contribution in [0.2, 0.25) is 0 Å². The molecular weight excluding hydrogens is 307 g/mol. The van der Waals surface area contributed by atoms with E-state index in [0.717, 1.165) is 24.4 Å². The van der Waals surface area contributed by atoms with Crippen LogP contribution < -0.4 is 5.73 Å². The third-order valence-electron chi connectivity index (χ3n) is 3.33. The summed E-state index contributed by atoms with van der Waals surface area (Å²) >= 11 is 0. The molecule has 4 nitrogen and oxygen atoms in total. The number of halogens is 2. The smallest absolute Gasteiger partial charge is 0.137 e. The summed E-state index contributed by atoms with van der Waals surface area (Å²) in [5.41, 5.74) is 9.27. The van der Waals surface area contributed by atoms with Gasteiger partial charge < -0.3 is 10.1 Å². The number of aromatic nitrogens is 2. The molecule has 2 heterocycles. The van der Waals surface area contributed by atoms with E-state index in [0.29, 0.717) is 6.54 Å². The van der Waals surface area contributed by atoms with Gasteiger partial charge in [-0.1, -0.05) is 19.9 Å². The molecule has 120 valence electrons. The quantitative estimate of drug-likeness (QED) is 0.915. The molecule has 2 rings (SSSR count). The molecule has 0 spiro atoms. The van der Waals surface area contributed by atoms with Gasteiger partial charge in [-0.25, -0.2) is 4.98 Å². The van der Waals surface area contributed by atoms with Crippen molar-refractivity contribution in [1.29, 1.82) is 0 Å². The van der Waals surface area contributed by atoms with Crippen LogP contribution in [-0.4, -0.2) is 34.4 Å². The Morgan fingerprint density at radius 3 is 2.52 bits per heavy atom. The lowest BCUT2D eigenvalue weighted by molar-refractivity contribution is 0.208. The fraction of sp³-hybridized carbons (Fsp3) is 0.533. The Labute approximate surface area is 139 Å². The number of aryl methyl sites for hydroxylation is 1. The highest BCUT2D eigenvalue weighted by Gasteiger charge is 2.18. The summed E-state index contributed by atoms with van der Waals surface area (Å²) in [6.45, 7) is 8.99. The molecule has 0 amide bonds. The van der Waals surface area contributed by atoms with Gasteiger partial charge in [0, 0.05) is 25.5 Å². The fourth-order valence-corrected chi connectivity index (χ4v) is 2.36. The number of pyridine rings is 1. The maximum atomic E-state index is 5.78. The average Bonchev–Trinajstić information content (AvgIpc) is 2.69. The first-order valence-electron chi connectivity index (χ1n) is 6.72. The van der Waals surface area contributed by atoms with E-state index in [4.69, 9.17) is 5.73 Å². The lowest BCUT2D eigenvalue weighted by atomic mass is 9.93. The first-order chi connectivity index (χ1) is 8.89. The van der Waals surface area contributed by atoms with Crippen molar-refractivity contribution in [1.82, 2.24) is 14.3 Å². The summed E-state index contributed by atoms with van der Waals surface area (Å²) in [7, 11) is 2.12. The van der Waals surface area contributed by atoms with Crippen LogP contribution in [0.15, 0.2) is 24.5 Å². The maximum Gasteiger partial charge on any atom is 0.137 e. The van der Waals surface area contributed by atoms with Crippen molar-refractivity contribution in [3.05, 3.63) is 35.8 Å². The topological polar surface area (TPSA) is 46.6 Å². The molecule has 0 bridgehead atoms. The largest absolute Gasteiger partial charge is 0.330 e. The van der Waals surface area contributed by atoms with E-state index in [-0.39, 0.29) is 30.2 Å². The number of imidazole rings is 1. The van der Waals surface area contributed by atoms with E-state index in [9.17, 15) is 0 Å². The summed E-state index contributed by atoms with van der Waals surface area (Å²) in [6, 6.07) is 4.15. The van der Waals surface area contributed by atoms with Gasteiger partial charge in [-0.2, -0.15) is 0 Å². The molecule has 0 fully saturated rings. The highest BCUT2D eigenvalue weighted by molar-refractivity contribution is 5.85. The SMILES string of the molecule is Cc1ccc2nc(CN(C)CC(C)(C)CN)cn2c1.Cl.Cl. The minimum absolute atomic E-state index is 0. The lowest BCUT2D eigenvalue weighted by Crippen LogP contribution is -2.36. The molecule has 0 aromatic carbocycles. The second kappa shape index (κ2) is 7.99. The fourth-order valence-electron chi connectivity index (χ4n) is 2.36. The van der Waals surface area contributed by atoms with Crippen molar-refractivity contribution < 1.29 is 0 Å². The third kappa shape index (κ3) is 5.47. The Bertz CT molecular complexity index is 566. The van der Waals surface area contributed by atoms with Gasteiger partial charge >= 0.3 is 0 Å². The van der Waals surface area contributed by atoms with Gasteiger partial charge in [-0.15, -0.1) is 24.8 Å². The standard InChI is InChI=1S/C15H24N4.2ClH/c1-12-5-6-14-17-13(9-19(14)7-12)8-18(4)11-15(2,3)10-16;;/h5-7,9H,8,10-11,16H2,1-4H3;2*1H. The van der Waals surface area contributed by atoms with E-state index in [1.807, 2.05) is 0 Å². The first kappa shape index (κ1) is 20.2. The van der Waals surface area contributed by atoms with Crippen molar-refractivity contribution in [3.8, 4) is 0 Å². The number of fused-ring (bicyclic) bond motifs is 1. The van der Waals surface area contributed by atoms with Crippen LogP contribution in [0.3, 0.4) is 0 Å². The van der Waals surface area contributed by atoms with Crippen LogP contribution in [0.4, 0.5) is 0 Å². The second-order valence-electron chi connectivity index (χ2n) is 6.24. The third-order valence-corrected chi connectivity index (χ3v) is 3.33. The van der Waals surface area contributed by atoms with Crippen molar-refractivity contribution in [2.24, 2.45) is 11.1 Å². The van der Waals surface area contributed by atoms with E-state index in [1.54, 1.807) is 0 Å². The molecule has 0 atom stereocenters. The summed E-state index contributed by atoms with van der Waals surface area (Å²) < 4.78 is 2.09. The van der Waals surface area contributed by atoms with Crippen LogP contribution >= 0.6 is 24.8 Å². The predicted molar refractivity (Wildman–Crippen MR) is 93.6 cm³/mol. The molecule has 6 heteroatoms. The minimum atomic E-state index is 0. The van der Waals surface area contributed by atoms with E-state index in [1.165, 1.54) is 5.56 Å². The minimum Gasteiger partial charge on any atom is -0.330 e. The summed E-state index contributed by atoms with van der Waals surface area (Å²) in [5.74, 6) is 0. The van der Waals surface area contributed by atoms with Gasteiger partial charge in [0.05, 0.1) is 5.69 Å². The average molecular weight is 333 g/mol. The van der Waals surface area contributed by atoms with Gasteiger partial charge in [0.1, 0.15) is 5.65 Å². The number of hydrogen-bond donors (Lipinski definition) is 1. The van der Waals surface area contributed by atoms with Crippen LogP contribution in [0.25, 0.3) is 5.65 Å². The first-order valence-corrected chi connectivity index (χ1v) is 6.72. The Hall–Kier alpha value is -0.810. The van der Waals surface area contributed by atoms with Crippen molar-refractivity contribution >= 4 is 30.5 Å². The lowest BCUT2D eigenvalue weighted by Gasteiger charge is -2.28. The van der Waals surface area contributed by atoms with Gasteiger partial charge in [-0.3, -0.25) is 4.90 Å². The van der Waals surface area contributed by atoms with E-state index >= 15 is 0 Å². The van der Waals surface area contributed by atoms with Crippen molar-refractivity contribution in [2.75, 3.05) is 20.1 Å². The van der Waals surface area contributed by atoms with Gasteiger partial charge in [0.25, 0.3) is 0 Å². The van der Waals surface area contributed by atoms with E-state index < -0.39 is 0 Å². The number of nitrogens with two attached hydrogens (primary N) is 1. The van der Waals surface area contributed by atoms with Gasteiger partial charge in [-0.05, 0) is 37.6 Å². The Morgan fingerprint density at radius 1 is 1.24 bits per heavy atom. The number of hydrogen-bond acceptors (Lipinski definition) is 3. The Balaban J connectivity index is 0.00000200. The van der Waals surface area contributed by atoms with Crippen LogP contribution in [0.5, 0.6) is 0 Å². The molecule has 21 heavy (non-hydrogen) atoms. The molecular formula is C15H26Cl2N4. The zero-order valence-corrected chi connectivity index (χ0v) is 14.8. The normalized spacial score (nSPS) is 11.3. The second-order valence-corrected chi connectivity index (χ2v) is 6.24. The Kier molecular flexibility index (Phi) is 7.68. The molecule has 0 saturated carbocycles.